The molecule has 0 bridgehead atoms. The zero-order chi connectivity index (χ0) is 21.5. The van der Waals surface area contributed by atoms with Crippen molar-refractivity contribution in [1.82, 2.24) is 0 Å². The molecule has 0 saturated heterocycles. The number of methoxy groups -OCH3 is 1. The molecule has 0 aliphatic heterocycles. The lowest BCUT2D eigenvalue weighted by molar-refractivity contribution is -0.384. The summed E-state index contributed by atoms with van der Waals surface area (Å²) >= 11 is 0. The van der Waals surface area contributed by atoms with Gasteiger partial charge in [-0.25, -0.2) is 4.79 Å². The van der Waals surface area contributed by atoms with Gasteiger partial charge in [0.15, 0.2) is 0 Å². The highest BCUT2D eigenvalue weighted by Crippen LogP contribution is 2.38. The summed E-state index contributed by atoms with van der Waals surface area (Å²) in [7, 11) is 3.03. The van der Waals surface area contributed by atoms with Crippen molar-refractivity contribution in [2.75, 3.05) is 37.5 Å². The molecule has 1 atom stereocenters. The van der Waals surface area contributed by atoms with Gasteiger partial charge in [0.1, 0.15) is 17.5 Å². The molecule has 0 spiro atoms. The number of aliphatic hydroxyl groups is 1. The number of carbonyl (C=O) groups is 1. The Morgan fingerprint density at radius 1 is 1.39 bits per heavy atom. The topological polar surface area (TPSA) is 114 Å². The van der Waals surface area contributed by atoms with Crippen molar-refractivity contribution < 1.29 is 24.3 Å². The Kier molecular flexibility index (Phi) is 8.49. The van der Waals surface area contributed by atoms with E-state index >= 15 is 0 Å². The van der Waals surface area contributed by atoms with Crippen LogP contribution >= 0.6 is 0 Å². The number of nitrogens with one attached hydrogen (secondary N) is 1. The Morgan fingerprint density at radius 3 is 2.50 bits per heavy atom. The third kappa shape index (κ3) is 6.26. The van der Waals surface area contributed by atoms with E-state index in [2.05, 4.69) is 5.32 Å². The van der Waals surface area contributed by atoms with Gasteiger partial charge in [-0.1, -0.05) is 34.1 Å². The fraction of sp³-hybridized carbons (Fsp3) is 0.632. The molecule has 1 rings (SSSR count). The van der Waals surface area contributed by atoms with E-state index in [1.54, 1.807) is 11.9 Å². The van der Waals surface area contributed by atoms with E-state index in [1.165, 1.54) is 19.2 Å². The van der Waals surface area contributed by atoms with Gasteiger partial charge in [-0.05, 0) is 11.8 Å². The minimum absolute atomic E-state index is 0.143. The van der Waals surface area contributed by atoms with Gasteiger partial charge in [-0.3, -0.25) is 15.4 Å². The fourth-order valence-corrected chi connectivity index (χ4v) is 2.75. The second-order valence-corrected chi connectivity index (χ2v) is 7.62. The molecular formula is C19H31N3O6. The van der Waals surface area contributed by atoms with Crippen molar-refractivity contribution in [3.63, 3.8) is 0 Å². The van der Waals surface area contributed by atoms with Crippen LogP contribution in [0.15, 0.2) is 12.1 Å². The first-order chi connectivity index (χ1) is 13.0. The van der Waals surface area contributed by atoms with Crippen molar-refractivity contribution in [3.8, 4) is 5.75 Å². The second kappa shape index (κ2) is 10.1. The maximum atomic E-state index is 12.4. The molecule has 0 radical (unpaired) electrons. The van der Waals surface area contributed by atoms with Crippen molar-refractivity contribution in [2.24, 2.45) is 5.41 Å². The minimum atomic E-state index is -0.697. The summed E-state index contributed by atoms with van der Waals surface area (Å²) in [6.45, 7) is 8.01. The van der Waals surface area contributed by atoms with Crippen LogP contribution in [-0.2, 0) is 4.74 Å². The van der Waals surface area contributed by atoms with Crippen LogP contribution in [0.3, 0.4) is 0 Å². The first-order valence-electron chi connectivity index (χ1n) is 9.21. The van der Waals surface area contributed by atoms with Crippen LogP contribution in [0, 0.1) is 15.5 Å². The molecule has 28 heavy (non-hydrogen) atoms. The van der Waals surface area contributed by atoms with Crippen LogP contribution in [0.25, 0.3) is 0 Å². The summed E-state index contributed by atoms with van der Waals surface area (Å²) in [6, 6.07) is 2.69. The van der Waals surface area contributed by atoms with Crippen LogP contribution in [0.4, 0.5) is 21.9 Å². The number of rotatable bonds is 9. The van der Waals surface area contributed by atoms with Crippen molar-refractivity contribution in [3.05, 3.63) is 22.2 Å². The van der Waals surface area contributed by atoms with Crippen molar-refractivity contribution >= 4 is 23.2 Å². The summed E-state index contributed by atoms with van der Waals surface area (Å²) in [5.41, 5.74) is -0.0360. The third-order valence-electron chi connectivity index (χ3n) is 4.34. The predicted molar refractivity (Wildman–Crippen MR) is 108 cm³/mol. The quantitative estimate of drug-likeness (QED) is 0.481. The highest BCUT2D eigenvalue weighted by molar-refractivity contribution is 5.89. The van der Waals surface area contributed by atoms with Crippen LogP contribution in [-0.4, -0.2) is 49.5 Å². The molecule has 0 aromatic heterocycles. The lowest BCUT2D eigenvalue weighted by atomic mass is 9.86. The van der Waals surface area contributed by atoms with Gasteiger partial charge in [0, 0.05) is 25.7 Å². The monoisotopic (exact) mass is 397 g/mol. The summed E-state index contributed by atoms with van der Waals surface area (Å²) in [5, 5.41) is 23.2. The molecule has 0 aliphatic rings. The maximum Gasteiger partial charge on any atom is 0.412 e. The zero-order valence-electron chi connectivity index (χ0n) is 17.4. The highest BCUT2D eigenvalue weighted by Gasteiger charge is 2.28. The molecular weight excluding hydrogens is 366 g/mol. The smallest absolute Gasteiger partial charge is 0.412 e. The number of benzene rings is 1. The maximum absolute atomic E-state index is 12.4. The summed E-state index contributed by atoms with van der Waals surface area (Å²) in [6.07, 6.45) is 0.570. The van der Waals surface area contributed by atoms with Gasteiger partial charge < -0.3 is 19.5 Å². The summed E-state index contributed by atoms with van der Waals surface area (Å²) < 4.78 is 10.8. The number of nitrogens with zero attached hydrogens (tertiary/aromatic N) is 2. The minimum Gasteiger partial charge on any atom is -0.494 e. The van der Waals surface area contributed by atoms with E-state index in [4.69, 9.17) is 14.6 Å². The Morgan fingerprint density at radius 2 is 2.04 bits per heavy atom. The number of nitro benzene ring substituents is 1. The second-order valence-electron chi connectivity index (χ2n) is 7.62. The predicted octanol–water partition coefficient (Wildman–Crippen LogP) is 3.80. The van der Waals surface area contributed by atoms with E-state index in [1.807, 2.05) is 27.7 Å². The lowest BCUT2D eigenvalue weighted by Crippen LogP contribution is -2.33. The Bertz CT molecular complexity index is 687. The molecule has 0 saturated carbocycles. The van der Waals surface area contributed by atoms with Crippen molar-refractivity contribution in [1.29, 1.82) is 0 Å². The number of nitro groups is 1. The van der Waals surface area contributed by atoms with Gasteiger partial charge >= 0.3 is 6.09 Å². The Hall–Kier alpha value is -2.55. The number of aliphatic hydroxyl groups excluding tert-OH is 1. The average Bonchev–Trinajstić information content (AvgIpc) is 2.60. The van der Waals surface area contributed by atoms with Gasteiger partial charge in [0.2, 0.25) is 0 Å². The van der Waals surface area contributed by atoms with E-state index in [0.29, 0.717) is 6.42 Å². The van der Waals surface area contributed by atoms with Crippen LogP contribution in [0.2, 0.25) is 0 Å². The first-order valence-corrected chi connectivity index (χ1v) is 9.21. The molecule has 9 nitrogen and oxygen atoms in total. The standard InChI is InChI=1S/C19H31N3O6/c1-7-8-17(19(2,3)4)28-18(24)20-13-11-15(22(25)26)14(12-16(13)27-6)21(5)9-10-23/h11-12,17,23H,7-10H2,1-6H3,(H,20,24). The zero-order valence-corrected chi connectivity index (χ0v) is 17.4. The number of ether oxygens (including phenoxy) is 2. The van der Waals surface area contributed by atoms with Crippen LogP contribution in [0.1, 0.15) is 40.5 Å². The molecule has 158 valence electrons. The molecule has 1 aromatic rings. The number of anilines is 2. The number of likely N-dealkylation sites (N-methyl/N-ethyl adjacent to an activating group) is 1. The van der Waals surface area contributed by atoms with Crippen molar-refractivity contribution in [2.45, 2.75) is 46.6 Å². The van der Waals surface area contributed by atoms with E-state index in [9.17, 15) is 14.9 Å². The molecule has 0 fully saturated rings. The number of amides is 1. The molecule has 1 unspecified atom stereocenters. The van der Waals surface area contributed by atoms with Gasteiger partial charge in [0.25, 0.3) is 5.69 Å². The van der Waals surface area contributed by atoms with E-state index in [0.717, 1.165) is 6.42 Å². The fourth-order valence-electron chi connectivity index (χ4n) is 2.75. The molecule has 0 heterocycles. The van der Waals surface area contributed by atoms with Gasteiger partial charge in [-0.15, -0.1) is 0 Å². The van der Waals surface area contributed by atoms with E-state index in [-0.39, 0.29) is 47.5 Å². The SMILES string of the molecule is CCCC(OC(=O)Nc1cc([N+](=O)[O-])c(N(C)CCO)cc1OC)C(C)(C)C. The molecule has 0 aliphatic carbocycles. The Labute approximate surface area is 165 Å². The summed E-state index contributed by atoms with van der Waals surface area (Å²) in [5.74, 6) is 0.255. The largest absolute Gasteiger partial charge is 0.494 e. The van der Waals surface area contributed by atoms with Crippen LogP contribution < -0.4 is 15.0 Å². The van der Waals surface area contributed by atoms with E-state index < -0.39 is 11.0 Å². The lowest BCUT2D eigenvalue weighted by Gasteiger charge is -2.30. The normalized spacial score (nSPS) is 12.2. The average molecular weight is 397 g/mol. The Balaban J connectivity index is 3.17. The number of hydrogen-bond donors (Lipinski definition) is 2. The number of hydrogen-bond acceptors (Lipinski definition) is 7. The molecule has 1 aromatic carbocycles. The molecule has 9 heteroatoms. The van der Waals surface area contributed by atoms with Gasteiger partial charge in [-0.2, -0.15) is 0 Å². The highest BCUT2D eigenvalue weighted by atomic mass is 16.6. The van der Waals surface area contributed by atoms with Crippen LogP contribution in [0.5, 0.6) is 5.75 Å². The first kappa shape index (κ1) is 23.5. The third-order valence-corrected chi connectivity index (χ3v) is 4.34. The van der Waals surface area contributed by atoms with Gasteiger partial charge in [0.05, 0.1) is 24.3 Å². The number of carbonyl (C=O) groups excluding carboxylic acids is 1. The summed E-state index contributed by atoms with van der Waals surface area (Å²) in [4.78, 5) is 24.9. The molecule has 1 amide bonds. The molecule has 2 N–H and O–H groups in total.